The molecule has 0 unspecified atom stereocenters. The Balaban J connectivity index is 0. The number of rotatable bonds is 2. The molecule has 1 fully saturated rings. The molecule has 11 heavy (non-hydrogen) atoms. The van der Waals surface area contributed by atoms with E-state index in [1.54, 1.807) is 0 Å². The van der Waals surface area contributed by atoms with Crippen LogP contribution in [-0.2, 0) is 0 Å². The smallest absolute Gasteiger partial charge is 0.358 e. The van der Waals surface area contributed by atoms with E-state index in [1.165, 1.54) is 45.3 Å². The Morgan fingerprint density at radius 2 is 1.64 bits per heavy atom. The van der Waals surface area contributed by atoms with Gasteiger partial charge < -0.3 is 12.3 Å². The van der Waals surface area contributed by atoms with Crippen LogP contribution in [0.3, 0.4) is 0 Å². The fraction of sp³-hybridized carbons (Fsp3) is 0.889. The quantitative estimate of drug-likeness (QED) is 0.404. The molecular formula is C9H20KN. The molecule has 1 aliphatic rings. The average molecular weight is 181 g/mol. The Morgan fingerprint density at radius 1 is 1.09 bits per heavy atom. The third-order valence-corrected chi connectivity index (χ3v) is 1.99. The number of hydrogen-bond acceptors (Lipinski definition) is 1. The summed E-state index contributed by atoms with van der Waals surface area (Å²) in [6.07, 6.45) is 5.64. The van der Waals surface area contributed by atoms with Gasteiger partial charge in [0.25, 0.3) is 0 Å². The van der Waals surface area contributed by atoms with Gasteiger partial charge in [-0.1, -0.05) is 13.3 Å². The summed E-state index contributed by atoms with van der Waals surface area (Å²) in [4.78, 5) is 2.57. The third-order valence-electron chi connectivity index (χ3n) is 1.99. The zero-order valence-electron chi connectivity index (χ0n) is 8.40. The Bertz CT molecular complexity index is 67.2. The standard InChI is InChI=1S/C8H17N.CH3.K/c1-2-6-9-7-4-3-5-8-9;;/h2-8H2,1H3;1H3;/q;-1;+1. The summed E-state index contributed by atoms with van der Waals surface area (Å²) in [5.74, 6) is 0. The second kappa shape index (κ2) is 9.68. The van der Waals surface area contributed by atoms with Crippen LogP contribution in [0.1, 0.15) is 32.6 Å². The van der Waals surface area contributed by atoms with Crippen molar-refractivity contribution in [2.45, 2.75) is 32.6 Å². The third kappa shape index (κ3) is 6.73. The van der Waals surface area contributed by atoms with Crippen LogP contribution in [0.25, 0.3) is 0 Å². The summed E-state index contributed by atoms with van der Waals surface area (Å²) in [5, 5.41) is 0. The van der Waals surface area contributed by atoms with Crippen molar-refractivity contribution in [3.8, 4) is 0 Å². The van der Waals surface area contributed by atoms with E-state index < -0.39 is 0 Å². The first-order chi connectivity index (χ1) is 4.43. The van der Waals surface area contributed by atoms with Crippen LogP contribution >= 0.6 is 0 Å². The van der Waals surface area contributed by atoms with Crippen LogP contribution in [0.5, 0.6) is 0 Å². The maximum Gasteiger partial charge on any atom is 1.00 e. The van der Waals surface area contributed by atoms with E-state index in [-0.39, 0.29) is 58.8 Å². The SMILES string of the molecule is CCCN1CCCCC1.[CH3-].[K+]. The largest absolute Gasteiger partial charge is 1.00 e. The van der Waals surface area contributed by atoms with Crippen LogP contribution in [-0.4, -0.2) is 24.5 Å². The molecule has 0 spiro atoms. The summed E-state index contributed by atoms with van der Waals surface area (Å²) in [6, 6.07) is 0. The van der Waals surface area contributed by atoms with Crippen LogP contribution in [0.15, 0.2) is 0 Å². The molecule has 0 amide bonds. The predicted octanol–water partition coefficient (Wildman–Crippen LogP) is -0.663. The van der Waals surface area contributed by atoms with E-state index in [9.17, 15) is 0 Å². The molecular weight excluding hydrogens is 161 g/mol. The number of piperidine rings is 1. The number of hydrogen-bond donors (Lipinski definition) is 0. The summed E-state index contributed by atoms with van der Waals surface area (Å²) in [5.41, 5.74) is 0. The topological polar surface area (TPSA) is 3.24 Å². The van der Waals surface area contributed by atoms with Crippen molar-refractivity contribution in [1.29, 1.82) is 0 Å². The minimum atomic E-state index is 0. The van der Waals surface area contributed by atoms with Crippen LogP contribution in [0.2, 0.25) is 0 Å². The predicted molar refractivity (Wildman–Crippen MR) is 47.0 cm³/mol. The van der Waals surface area contributed by atoms with Gasteiger partial charge in [-0.05, 0) is 38.9 Å². The summed E-state index contributed by atoms with van der Waals surface area (Å²) >= 11 is 0. The molecule has 0 aromatic carbocycles. The van der Waals surface area contributed by atoms with Crippen LogP contribution in [0.4, 0.5) is 0 Å². The summed E-state index contributed by atoms with van der Waals surface area (Å²) in [7, 11) is 0. The van der Waals surface area contributed by atoms with Gasteiger partial charge in [0.2, 0.25) is 0 Å². The number of likely N-dealkylation sites (tertiary alicyclic amines) is 1. The van der Waals surface area contributed by atoms with E-state index in [0.717, 1.165) is 0 Å². The van der Waals surface area contributed by atoms with E-state index in [2.05, 4.69) is 11.8 Å². The number of nitrogens with zero attached hydrogens (tertiary/aromatic N) is 1. The van der Waals surface area contributed by atoms with Crippen molar-refractivity contribution in [2.24, 2.45) is 0 Å². The van der Waals surface area contributed by atoms with Gasteiger partial charge in [-0.15, -0.1) is 0 Å². The molecule has 1 aliphatic heterocycles. The van der Waals surface area contributed by atoms with Gasteiger partial charge in [-0.2, -0.15) is 0 Å². The average Bonchev–Trinajstić information content (AvgIpc) is 1.91. The van der Waals surface area contributed by atoms with E-state index in [4.69, 9.17) is 0 Å². The minimum absolute atomic E-state index is 0. The zero-order valence-corrected chi connectivity index (χ0v) is 11.5. The van der Waals surface area contributed by atoms with Gasteiger partial charge in [0.15, 0.2) is 0 Å². The van der Waals surface area contributed by atoms with E-state index in [0.29, 0.717) is 0 Å². The molecule has 0 aromatic rings. The van der Waals surface area contributed by atoms with Gasteiger partial charge in [0, 0.05) is 0 Å². The molecule has 0 aliphatic carbocycles. The monoisotopic (exact) mass is 181 g/mol. The molecule has 1 nitrogen and oxygen atoms in total. The summed E-state index contributed by atoms with van der Waals surface area (Å²) in [6.45, 7) is 6.29. The van der Waals surface area contributed by atoms with E-state index >= 15 is 0 Å². The molecule has 62 valence electrons. The minimum Gasteiger partial charge on any atom is -0.358 e. The van der Waals surface area contributed by atoms with Gasteiger partial charge in [0.1, 0.15) is 0 Å². The van der Waals surface area contributed by atoms with Crippen LogP contribution < -0.4 is 51.4 Å². The second-order valence-electron chi connectivity index (χ2n) is 2.90. The van der Waals surface area contributed by atoms with Gasteiger partial charge in [-0.25, -0.2) is 0 Å². The molecule has 0 atom stereocenters. The zero-order chi connectivity index (χ0) is 6.53. The second-order valence-corrected chi connectivity index (χ2v) is 2.90. The van der Waals surface area contributed by atoms with Crippen molar-refractivity contribution in [1.82, 2.24) is 4.90 Å². The first kappa shape index (κ1) is 15.1. The molecule has 0 N–H and O–H groups in total. The first-order valence-corrected chi connectivity index (χ1v) is 4.16. The molecule has 0 bridgehead atoms. The molecule has 1 saturated heterocycles. The maximum atomic E-state index is 2.57. The maximum absolute atomic E-state index is 2.57. The van der Waals surface area contributed by atoms with Crippen molar-refractivity contribution in [3.63, 3.8) is 0 Å². The molecule has 2 heteroatoms. The molecule has 0 saturated carbocycles. The molecule has 0 aromatic heterocycles. The fourth-order valence-corrected chi connectivity index (χ4v) is 1.50. The Hall–Kier alpha value is 1.60. The normalized spacial score (nSPS) is 18.3. The van der Waals surface area contributed by atoms with E-state index in [1.807, 2.05) is 0 Å². The first-order valence-electron chi connectivity index (χ1n) is 4.16. The van der Waals surface area contributed by atoms with Gasteiger partial charge in [0.05, 0.1) is 0 Å². The Morgan fingerprint density at radius 3 is 2.09 bits per heavy atom. The van der Waals surface area contributed by atoms with Gasteiger partial charge >= 0.3 is 51.4 Å². The molecule has 1 rings (SSSR count). The molecule has 0 radical (unpaired) electrons. The van der Waals surface area contributed by atoms with Crippen molar-refractivity contribution >= 4 is 0 Å². The Kier molecular flexibility index (Phi) is 13.3. The Labute approximate surface area is 114 Å². The van der Waals surface area contributed by atoms with Gasteiger partial charge in [-0.3, -0.25) is 0 Å². The van der Waals surface area contributed by atoms with Crippen LogP contribution in [0, 0.1) is 7.43 Å². The van der Waals surface area contributed by atoms with Crippen molar-refractivity contribution < 1.29 is 51.4 Å². The molecule has 1 heterocycles. The summed E-state index contributed by atoms with van der Waals surface area (Å²) < 4.78 is 0. The van der Waals surface area contributed by atoms with Crippen molar-refractivity contribution in [3.05, 3.63) is 7.43 Å². The van der Waals surface area contributed by atoms with Crippen molar-refractivity contribution in [2.75, 3.05) is 19.6 Å². The fourth-order valence-electron chi connectivity index (χ4n) is 1.50.